The molecule has 0 rings (SSSR count). The van der Waals surface area contributed by atoms with Crippen molar-refractivity contribution >= 4 is 39.5 Å². The lowest BCUT2D eigenvalue weighted by atomic mass is 9.99. The number of rotatable bonds is 71. The van der Waals surface area contributed by atoms with Crippen LogP contribution in [-0.2, 0) is 65.4 Å². The highest BCUT2D eigenvalue weighted by Gasteiger charge is 2.30. The summed E-state index contributed by atoms with van der Waals surface area (Å²) in [5.41, 5.74) is 0. The van der Waals surface area contributed by atoms with E-state index in [0.29, 0.717) is 25.7 Å². The number of ether oxygens (including phenoxy) is 4. The van der Waals surface area contributed by atoms with Crippen LogP contribution in [0.25, 0.3) is 0 Å². The number of carbonyl (C=O) groups excluding carboxylic acids is 4. The van der Waals surface area contributed by atoms with Crippen molar-refractivity contribution in [2.45, 2.75) is 387 Å². The molecule has 17 nitrogen and oxygen atoms in total. The number of phosphoric acid groups is 2. The van der Waals surface area contributed by atoms with E-state index in [-0.39, 0.29) is 25.7 Å². The summed E-state index contributed by atoms with van der Waals surface area (Å²) in [6.07, 6.45) is 51.1. The summed E-state index contributed by atoms with van der Waals surface area (Å²) in [4.78, 5) is 72.5. The zero-order valence-corrected chi connectivity index (χ0v) is 60.1. The van der Waals surface area contributed by atoms with Gasteiger partial charge in [0, 0.05) is 25.7 Å². The SMILES string of the molecule is CCCCCCCCCCCCCCC(=O)OC[C@H](COP(=O)(O)OC[C@@H](O)COP(=O)(O)OC[C@@H](COC(=O)CCCCCCCCCCCC)OC(=O)CCCCCCCCCCCC)OC(=O)CCCCCCCCCCCCCCCCC(C)CC. The number of unbranched alkanes of at least 4 members (excludes halogenated alkanes) is 42. The molecule has 19 heteroatoms. The summed E-state index contributed by atoms with van der Waals surface area (Å²) in [6.45, 7) is 7.29. The van der Waals surface area contributed by atoms with Crippen LogP contribution in [0, 0.1) is 5.92 Å². The maximum absolute atomic E-state index is 13.0. The minimum absolute atomic E-state index is 0.107. The highest BCUT2D eigenvalue weighted by molar-refractivity contribution is 7.47. The molecule has 0 heterocycles. The fraction of sp³-hybridized carbons (Fsp3) is 0.944. The van der Waals surface area contributed by atoms with Gasteiger partial charge >= 0.3 is 39.5 Å². The second kappa shape index (κ2) is 64.4. The Balaban J connectivity index is 5.21. The van der Waals surface area contributed by atoms with Crippen LogP contribution in [0.3, 0.4) is 0 Å². The monoisotopic (exact) mass is 1320 g/mol. The van der Waals surface area contributed by atoms with Crippen molar-refractivity contribution in [3.63, 3.8) is 0 Å². The standard InChI is InChI=1S/C71H138O17P2/c1-6-10-13-16-19-22-25-31-36-40-45-50-55-69(74)82-61-67(88-71(76)57-52-47-42-37-32-29-27-26-28-30-33-38-43-48-53-64(5)9-4)63-86-90(79,80)84-59-65(72)58-83-89(77,78)85-62-66(87-70(75)56-51-46-41-35-24-21-18-15-12-8-3)60-81-68(73)54-49-44-39-34-23-20-17-14-11-7-2/h64-67,72H,6-63H2,1-5H3,(H,77,78)(H,79,80)/t64?,65-,66+,67+/m0/s1. The first-order valence-electron chi connectivity index (χ1n) is 37.2. The molecule has 0 aromatic rings. The minimum atomic E-state index is -4.95. The van der Waals surface area contributed by atoms with E-state index < -0.39 is 97.5 Å². The molecule has 0 amide bonds. The second-order valence-electron chi connectivity index (χ2n) is 25.9. The lowest BCUT2D eigenvalue weighted by molar-refractivity contribution is -0.161. The van der Waals surface area contributed by atoms with Gasteiger partial charge in [0.1, 0.15) is 19.3 Å². The van der Waals surface area contributed by atoms with Crippen LogP contribution >= 0.6 is 15.6 Å². The zero-order chi connectivity index (χ0) is 66.3. The number of carbonyl (C=O) groups is 4. The van der Waals surface area contributed by atoms with Crippen LogP contribution in [0.15, 0.2) is 0 Å². The Bertz CT molecular complexity index is 1740. The van der Waals surface area contributed by atoms with Gasteiger partial charge in [-0.25, -0.2) is 9.13 Å². The van der Waals surface area contributed by atoms with E-state index in [9.17, 15) is 43.2 Å². The molecule has 0 aliphatic heterocycles. The first-order chi connectivity index (χ1) is 43.6. The first-order valence-corrected chi connectivity index (χ1v) is 40.2. The Labute approximate surface area is 549 Å². The summed E-state index contributed by atoms with van der Waals surface area (Å²) in [5, 5.41) is 10.6. The van der Waals surface area contributed by atoms with Gasteiger partial charge in [-0.15, -0.1) is 0 Å². The van der Waals surface area contributed by atoms with Crippen molar-refractivity contribution in [2.75, 3.05) is 39.6 Å². The predicted molar refractivity (Wildman–Crippen MR) is 363 cm³/mol. The maximum Gasteiger partial charge on any atom is 0.472 e. The van der Waals surface area contributed by atoms with Crippen LogP contribution < -0.4 is 0 Å². The second-order valence-corrected chi connectivity index (χ2v) is 28.8. The van der Waals surface area contributed by atoms with Gasteiger partial charge in [0.05, 0.1) is 26.4 Å². The number of esters is 4. The molecule has 0 aromatic carbocycles. The topological polar surface area (TPSA) is 237 Å². The third kappa shape index (κ3) is 63.5. The molecule has 0 aliphatic rings. The fourth-order valence-electron chi connectivity index (χ4n) is 10.8. The molecule has 0 saturated heterocycles. The third-order valence-electron chi connectivity index (χ3n) is 16.9. The number of hydrogen-bond acceptors (Lipinski definition) is 15. The molecule has 534 valence electrons. The summed E-state index contributed by atoms with van der Waals surface area (Å²) >= 11 is 0. The van der Waals surface area contributed by atoms with Gasteiger partial charge in [0.15, 0.2) is 12.2 Å². The summed E-state index contributed by atoms with van der Waals surface area (Å²) in [6, 6.07) is 0. The Morgan fingerprint density at radius 1 is 0.311 bits per heavy atom. The van der Waals surface area contributed by atoms with Crippen molar-refractivity contribution in [3.8, 4) is 0 Å². The van der Waals surface area contributed by atoms with Gasteiger partial charge in [-0.05, 0) is 31.6 Å². The first kappa shape index (κ1) is 88.1. The van der Waals surface area contributed by atoms with Crippen LogP contribution in [0.5, 0.6) is 0 Å². The van der Waals surface area contributed by atoms with Gasteiger partial charge in [0.25, 0.3) is 0 Å². The zero-order valence-electron chi connectivity index (χ0n) is 58.3. The summed E-state index contributed by atoms with van der Waals surface area (Å²) < 4.78 is 68.3. The Hall–Kier alpha value is -1.94. The van der Waals surface area contributed by atoms with Crippen LogP contribution in [0.4, 0.5) is 0 Å². The molecule has 90 heavy (non-hydrogen) atoms. The lowest BCUT2D eigenvalue weighted by Gasteiger charge is -2.21. The Morgan fingerprint density at radius 2 is 0.533 bits per heavy atom. The predicted octanol–water partition coefficient (Wildman–Crippen LogP) is 20.5. The van der Waals surface area contributed by atoms with E-state index in [1.165, 1.54) is 193 Å². The van der Waals surface area contributed by atoms with Crippen molar-refractivity contribution < 1.29 is 80.2 Å². The molecule has 0 fully saturated rings. The number of aliphatic hydroxyl groups excluding tert-OH is 1. The van der Waals surface area contributed by atoms with E-state index in [0.717, 1.165) is 95.8 Å². The van der Waals surface area contributed by atoms with E-state index in [1.54, 1.807) is 0 Å². The van der Waals surface area contributed by atoms with E-state index in [4.69, 9.17) is 37.0 Å². The molecule has 0 radical (unpaired) electrons. The normalized spacial score (nSPS) is 14.4. The maximum atomic E-state index is 13.0. The third-order valence-corrected chi connectivity index (χ3v) is 18.8. The number of hydrogen-bond donors (Lipinski definition) is 3. The molecule has 0 saturated carbocycles. The van der Waals surface area contributed by atoms with Crippen molar-refractivity contribution in [1.29, 1.82) is 0 Å². The number of aliphatic hydroxyl groups is 1. The van der Waals surface area contributed by atoms with Gasteiger partial charge in [0.2, 0.25) is 0 Å². The van der Waals surface area contributed by atoms with Crippen molar-refractivity contribution in [2.24, 2.45) is 5.92 Å². The van der Waals surface area contributed by atoms with Gasteiger partial charge in [-0.2, -0.15) is 0 Å². The summed E-state index contributed by atoms with van der Waals surface area (Å²) in [7, 11) is -9.90. The molecule has 0 aromatic heterocycles. The quantitative estimate of drug-likeness (QED) is 0.0222. The smallest absolute Gasteiger partial charge is 0.462 e. The molecule has 0 aliphatic carbocycles. The van der Waals surface area contributed by atoms with Gasteiger partial charge < -0.3 is 33.8 Å². The summed E-state index contributed by atoms with van der Waals surface area (Å²) in [5.74, 6) is -1.27. The highest BCUT2D eigenvalue weighted by atomic mass is 31.2. The average molecular weight is 1330 g/mol. The average Bonchev–Trinajstić information content (AvgIpc) is 3.72. The molecule has 0 bridgehead atoms. The minimum Gasteiger partial charge on any atom is -0.462 e. The molecular weight excluding hydrogens is 1190 g/mol. The molecular formula is C71H138O17P2. The largest absolute Gasteiger partial charge is 0.472 e. The van der Waals surface area contributed by atoms with Crippen LogP contribution in [-0.4, -0.2) is 96.7 Å². The number of phosphoric ester groups is 2. The Kier molecular flexibility index (Phi) is 63.0. The fourth-order valence-corrected chi connectivity index (χ4v) is 12.4. The van der Waals surface area contributed by atoms with E-state index in [2.05, 4.69) is 34.6 Å². The highest BCUT2D eigenvalue weighted by Crippen LogP contribution is 2.45. The lowest BCUT2D eigenvalue weighted by Crippen LogP contribution is -2.30. The van der Waals surface area contributed by atoms with Gasteiger partial charge in [-0.1, -0.05) is 317 Å². The molecule has 0 spiro atoms. The molecule has 6 atom stereocenters. The van der Waals surface area contributed by atoms with Crippen LogP contribution in [0.2, 0.25) is 0 Å². The van der Waals surface area contributed by atoms with Crippen LogP contribution in [0.1, 0.15) is 369 Å². The van der Waals surface area contributed by atoms with Crippen molar-refractivity contribution in [1.82, 2.24) is 0 Å². The van der Waals surface area contributed by atoms with Crippen molar-refractivity contribution in [3.05, 3.63) is 0 Å². The van der Waals surface area contributed by atoms with E-state index in [1.807, 2.05) is 0 Å². The van der Waals surface area contributed by atoms with Gasteiger partial charge in [-0.3, -0.25) is 37.3 Å². The molecule has 3 N–H and O–H groups in total. The molecule has 3 unspecified atom stereocenters. The van der Waals surface area contributed by atoms with E-state index >= 15 is 0 Å². The Morgan fingerprint density at radius 3 is 0.789 bits per heavy atom.